The number of esters is 1. The summed E-state index contributed by atoms with van der Waals surface area (Å²) in [6, 6.07) is 17.3. The van der Waals surface area contributed by atoms with Gasteiger partial charge in [0.05, 0.1) is 37.6 Å². The minimum atomic E-state index is -1.28. The lowest BCUT2D eigenvalue weighted by Crippen LogP contribution is -2.53. The zero-order valence-corrected chi connectivity index (χ0v) is 25.5. The minimum absolute atomic E-state index is 0.0369. The van der Waals surface area contributed by atoms with E-state index in [0.717, 1.165) is 10.9 Å². The number of nitrogens with one attached hydrogen (secondary N) is 3. The van der Waals surface area contributed by atoms with Crippen LogP contribution >= 0.6 is 0 Å². The lowest BCUT2D eigenvalue weighted by Gasteiger charge is -2.23. The van der Waals surface area contributed by atoms with Crippen molar-refractivity contribution in [3.8, 4) is 0 Å². The lowest BCUT2D eigenvalue weighted by molar-refractivity contribution is -0.146. The molecule has 12 nitrogen and oxygen atoms in total. The summed E-state index contributed by atoms with van der Waals surface area (Å²) in [4.78, 5) is 68.0. The molecule has 1 fully saturated rings. The van der Waals surface area contributed by atoms with Gasteiger partial charge in [0.1, 0.15) is 23.9 Å². The molecule has 0 bridgehead atoms. The van der Waals surface area contributed by atoms with Crippen molar-refractivity contribution in [3.63, 3.8) is 0 Å². The van der Waals surface area contributed by atoms with Gasteiger partial charge in [-0.1, -0.05) is 74.9 Å². The van der Waals surface area contributed by atoms with Crippen molar-refractivity contribution in [2.24, 2.45) is 11.7 Å². The van der Waals surface area contributed by atoms with Gasteiger partial charge in [-0.3, -0.25) is 19.2 Å². The number of hydrogen-bond donors (Lipinski definition) is 4. The Labute approximate surface area is 261 Å². The molecule has 1 unspecified atom stereocenters. The predicted molar refractivity (Wildman–Crippen MR) is 166 cm³/mol. The number of nitrogens with zero attached hydrogens (tertiary/aromatic N) is 1. The Morgan fingerprint density at radius 3 is 2.36 bits per heavy atom. The fourth-order valence-corrected chi connectivity index (χ4v) is 5.12. The van der Waals surface area contributed by atoms with Gasteiger partial charge in [-0.2, -0.15) is 0 Å². The van der Waals surface area contributed by atoms with Crippen LogP contribution in [0.1, 0.15) is 49.2 Å². The molecular weight excluding hydrogens is 578 g/mol. The Hall–Kier alpha value is -4.84. The molecule has 0 saturated carbocycles. The van der Waals surface area contributed by atoms with Crippen LogP contribution in [0.3, 0.4) is 0 Å². The lowest BCUT2D eigenvalue weighted by atomic mass is 9.98. The number of nitrogens with two attached hydrogens (primary N) is 1. The van der Waals surface area contributed by atoms with E-state index in [1.54, 1.807) is 18.2 Å². The maximum atomic E-state index is 13.5. The summed E-state index contributed by atoms with van der Waals surface area (Å²) in [6.45, 7) is 3.76. The first kappa shape index (κ1) is 33.1. The van der Waals surface area contributed by atoms with Gasteiger partial charge >= 0.3 is 5.97 Å². The number of benzene rings is 2. The summed E-state index contributed by atoms with van der Waals surface area (Å²) < 4.78 is 10.7. The van der Waals surface area contributed by atoms with Gasteiger partial charge in [0.15, 0.2) is 0 Å². The zero-order valence-electron chi connectivity index (χ0n) is 25.5. The van der Waals surface area contributed by atoms with E-state index in [1.165, 1.54) is 13.2 Å². The third kappa shape index (κ3) is 9.08. The van der Waals surface area contributed by atoms with Crippen molar-refractivity contribution in [1.82, 2.24) is 20.9 Å². The number of pyridine rings is 1. The van der Waals surface area contributed by atoms with Crippen molar-refractivity contribution in [3.05, 3.63) is 78.0 Å². The van der Waals surface area contributed by atoms with Gasteiger partial charge in [0.25, 0.3) is 5.91 Å². The molecule has 12 heteroatoms. The molecule has 6 atom stereocenters. The SMILES string of the molecule is CCC(C)[C@H](NC(=O)C[C@@H]1O[C@@H]1[C@H](Cc1ccccc1)NC(=O)[C@H](CC(N)=O)NC(=O)c1ccc2ccccc2n1)C(=O)OC. The van der Waals surface area contributed by atoms with Crippen LogP contribution in [0.5, 0.6) is 0 Å². The zero-order chi connectivity index (χ0) is 32.5. The highest BCUT2D eigenvalue weighted by Gasteiger charge is 2.47. The van der Waals surface area contributed by atoms with Crippen molar-refractivity contribution >= 4 is 40.5 Å². The maximum absolute atomic E-state index is 13.5. The predicted octanol–water partition coefficient (Wildman–Crippen LogP) is 1.80. The average molecular weight is 618 g/mol. The molecular formula is C33H39N5O7. The van der Waals surface area contributed by atoms with E-state index in [0.29, 0.717) is 18.4 Å². The van der Waals surface area contributed by atoms with Crippen LogP contribution in [0.15, 0.2) is 66.7 Å². The van der Waals surface area contributed by atoms with Crippen molar-refractivity contribution in [2.45, 2.75) is 69.9 Å². The van der Waals surface area contributed by atoms with Gasteiger partial charge in [-0.25, -0.2) is 9.78 Å². The van der Waals surface area contributed by atoms with Crippen molar-refractivity contribution < 1.29 is 33.4 Å². The molecule has 0 radical (unpaired) electrons. The van der Waals surface area contributed by atoms with Crippen LogP contribution in [-0.4, -0.2) is 72.0 Å². The Balaban J connectivity index is 1.46. The first-order valence-corrected chi connectivity index (χ1v) is 14.9. The first-order valence-electron chi connectivity index (χ1n) is 14.9. The molecule has 45 heavy (non-hydrogen) atoms. The minimum Gasteiger partial charge on any atom is -0.467 e. The number of epoxide rings is 1. The number of hydrogen-bond acceptors (Lipinski definition) is 8. The van der Waals surface area contributed by atoms with E-state index in [9.17, 15) is 24.0 Å². The number of para-hydroxylation sites is 1. The Kier molecular flexibility index (Phi) is 11.2. The number of amides is 4. The molecule has 0 spiro atoms. The molecule has 1 saturated heterocycles. The number of rotatable bonds is 15. The topological polar surface area (TPSA) is 182 Å². The highest BCUT2D eigenvalue weighted by Crippen LogP contribution is 2.30. The standard InChI is InChI=1S/C33H39N5O7/c1-4-19(2)29(33(43)44-3)38-28(40)18-26-30(45-26)24(16-20-10-6-5-7-11-20)36-32(42)25(17-27(34)39)37-31(41)23-15-14-21-12-8-9-13-22(21)35-23/h5-15,19,24-26,29-30H,4,16-18H2,1-3H3,(H2,34,39)(H,36,42)(H,37,41)(H,38,40)/t19?,24-,25-,26-,29-,30+/m0/s1. The van der Waals surface area contributed by atoms with Crippen LogP contribution in [0.4, 0.5) is 0 Å². The van der Waals surface area contributed by atoms with Crippen LogP contribution < -0.4 is 21.7 Å². The second-order valence-electron chi connectivity index (χ2n) is 11.2. The van der Waals surface area contributed by atoms with Crippen LogP contribution in [0, 0.1) is 5.92 Å². The van der Waals surface area contributed by atoms with Gasteiger partial charge in [0, 0.05) is 5.39 Å². The summed E-state index contributed by atoms with van der Waals surface area (Å²) in [5.41, 5.74) is 7.02. The molecule has 1 aliphatic heterocycles. The molecule has 5 N–H and O–H groups in total. The summed E-state index contributed by atoms with van der Waals surface area (Å²) >= 11 is 0. The van der Waals surface area contributed by atoms with Gasteiger partial charge in [-0.15, -0.1) is 0 Å². The van der Waals surface area contributed by atoms with E-state index in [4.69, 9.17) is 15.2 Å². The summed E-state index contributed by atoms with van der Waals surface area (Å²) in [6.07, 6.45) is -0.521. The average Bonchev–Trinajstić information content (AvgIpc) is 3.80. The van der Waals surface area contributed by atoms with E-state index in [-0.39, 0.29) is 23.9 Å². The van der Waals surface area contributed by atoms with E-state index < -0.39 is 60.4 Å². The van der Waals surface area contributed by atoms with Crippen LogP contribution in [0.2, 0.25) is 0 Å². The van der Waals surface area contributed by atoms with Crippen molar-refractivity contribution in [2.75, 3.05) is 7.11 Å². The summed E-state index contributed by atoms with van der Waals surface area (Å²) in [7, 11) is 1.27. The Morgan fingerprint density at radius 2 is 1.67 bits per heavy atom. The molecule has 2 heterocycles. The van der Waals surface area contributed by atoms with Gasteiger partial charge < -0.3 is 31.2 Å². The van der Waals surface area contributed by atoms with Gasteiger partial charge in [-0.05, 0) is 30.0 Å². The number of aromatic nitrogens is 1. The number of primary amides is 1. The highest BCUT2D eigenvalue weighted by molar-refractivity contribution is 5.99. The first-order chi connectivity index (χ1) is 21.6. The number of carbonyl (C=O) groups is 5. The highest BCUT2D eigenvalue weighted by atomic mass is 16.6. The third-order valence-corrected chi connectivity index (χ3v) is 7.87. The summed E-state index contributed by atoms with van der Waals surface area (Å²) in [5, 5.41) is 9.08. The largest absolute Gasteiger partial charge is 0.467 e. The smallest absolute Gasteiger partial charge is 0.328 e. The van der Waals surface area contributed by atoms with Crippen LogP contribution in [-0.2, 0) is 35.1 Å². The van der Waals surface area contributed by atoms with Gasteiger partial charge in [0.2, 0.25) is 17.7 Å². The van der Waals surface area contributed by atoms with Crippen molar-refractivity contribution in [1.29, 1.82) is 0 Å². The molecule has 4 amide bonds. The quantitative estimate of drug-likeness (QED) is 0.147. The number of carbonyl (C=O) groups excluding carboxylic acids is 5. The summed E-state index contributed by atoms with van der Waals surface area (Å²) in [5.74, 6) is -3.10. The molecule has 2 aromatic carbocycles. The fourth-order valence-electron chi connectivity index (χ4n) is 5.12. The van der Waals surface area contributed by atoms with E-state index >= 15 is 0 Å². The molecule has 238 valence electrons. The normalized spacial score (nSPS) is 18.1. The Bertz CT molecular complexity index is 1530. The maximum Gasteiger partial charge on any atom is 0.328 e. The molecule has 3 aromatic rings. The molecule has 1 aromatic heterocycles. The molecule has 0 aliphatic carbocycles. The number of ether oxygens (including phenoxy) is 2. The Morgan fingerprint density at radius 1 is 0.956 bits per heavy atom. The molecule has 4 rings (SSSR count). The third-order valence-electron chi connectivity index (χ3n) is 7.87. The monoisotopic (exact) mass is 617 g/mol. The van der Waals surface area contributed by atoms with Crippen LogP contribution in [0.25, 0.3) is 10.9 Å². The van der Waals surface area contributed by atoms with E-state index in [2.05, 4.69) is 20.9 Å². The second kappa shape index (κ2) is 15.2. The number of fused-ring (bicyclic) bond motifs is 1. The molecule has 1 aliphatic rings. The number of methoxy groups -OCH3 is 1. The van der Waals surface area contributed by atoms with E-state index in [1.807, 2.05) is 56.3 Å². The fraction of sp³-hybridized carbons (Fsp3) is 0.394. The second-order valence-corrected chi connectivity index (χ2v) is 11.2.